The van der Waals surface area contributed by atoms with Gasteiger partial charge in [-0.15, -0.1) is 0 Å². The number of hydrogen-bond acceptors (Lipinski definition) is 4. The number of hydrogen-bond donors (Lipinski definition) is 0. The van der Waals surface area contributed by atoms with Crippen molar-refractivity contribution in [1.29, 1.82) is 0 Å². The highest BCUT2D eigenvalue weighted by Crippen LogP contribution is 2.36. The van der Waals surface area contributed by atoms with Crippen LogP contribution in [0.3, 0.4) is 0 Å². The molecule has 112 valence electrons. The van der Waals surface area contributed by atoms with Crippen LogP contribution >= 0.6 is 0 Å². The molecule has 0 radical (unpaired) electrons. The van der Waals surface area contributed by atoms with Gasteiger partial charge in [-0.05, 0) is 26.0 Å². The SMILES string of the molecule is CC(=O)COc1ccc2c(C(F)(F)F)cc(=O)oc2c1C. The Kier molecular flexibility index (Phi) is 3.76. The third-order valence-electron chi connectivity index (χ3n) is 2.85. The molecule has 7 heteroatoms. The minimum Gasteiger partial charge on any atom is -0.485 e. The quantitative estimate of drug-likeness (QED) is 0.817. The summed E-state index contributed by atoms with van der Waals surface area (Å²) in [7, 11) is 0. The van der Waals surface area contributed by atoms with E-state index < -0.39 is 17.4 Å². The number of carbonyl (C=O) groups excluding carboxylic acids is 1. The van der Waals surface area contributed by atoms with Gasteiger partial charge >= 0.3 is 11.8 Å². The van der Waals surface area contributed by atoms with E-state index in [9.17, 15) is 22.8 Å². The lowest BCUT2D eigenvalue weighted by Crippen LogP contribution is -2.12. The monoisotopic (exact) mass is 300 g/mol. The Bertz CT molecular complexity index is 759. The van der Waals surface area contributed by atoms with Gasteiger partial charge in [0.15, 0.2) is 5.78 Å². The van der Waals surface area contributed by atoms with Crippen LogP contribution in [-0.2, 0) is 11.0 Å². The van der Waals surface area contributed by atoms with E-state index in [4.69, 9.17) is 9.15 Å². The van der Waals surface area contributed by atoms with Crippen LogP contribution in [0.25, 0.3) is 11.0 Å². The Morgan fingerprint density at radius 1 is 1.33 bits per heavy atom. The first-order valence-electron chi connectivity index (χ1n) is 5.97. The molecule has 0 aliphatic rings. The molecule has 1 aromatic carbocycles. The van der Waals surface area contributed by atoms with Crippen LogP contribution < -0.4 is 10.4 Å². The van der Waals surface area contributed by atoms with E-state index in [1.165, 1.54) is 19.9 Å². The Hall–Kier alpha value is -2.31. The fourth-order valence-corrected chi connectivity index (χ4v) is 1.91. The molecule has 2 rings (SSSR count). The molecule has 0 fully saturated rings. The van der Waals surface area contributed by atoms with Gasteiger partial charge in [-0.25, -0.2) is 4.79 Å². The number of alkyl halides is 3. The average molecular weight is 300 g/mol. The Labute approximate surface area is 117 Å². The van der Waals surface area contributed by atoms with Crippen LogP contribution in [0.15, 0.2) is 27.4 Å². The Balaban J connectivity index is 2.66. The topological polar surface area (TPSA) is 56.5 Å². The van der Waals surface area contributed by atoms with Crippen LogP contribution in [0.2, 0.25) is 0 Å². The van der Waals surface area contributed by atoms with Gasteiger partial charge in [0.1, 0.15) is 17.9 Å². The zero-order chi connectivity index (χ0) is 15.8. The molecule has 21 heavy (non-hydrogen) atoms. The second-order valence-electron chi connectivity index (χ2n) is 4.53. The van der Waals surface area contributed by atoms with Gasteiger partial charge in [-0.2, -0.15) is 13.2 Å². The van der Waals surface area contributed by atoms with E-state index in [2.05, 4.69) is 0 Å². The number of ether oxygens (including phenoxy) is 1. The number of fused-ring (bicyclic) bond motifs is 1. The zero-order valence-electron chi connectivity index (χ0n) is 11.2. The number of carbonyl (C=O) groups is 1. The third kappa shape index (κ3) is 3.07. The first kappa shape index (κ1) is 15.1. The number of aryl methyl sites for hydroxylation is 1. The zero-order valence-corrected chi connectivity index (χ0v) is 11.2. The molecule has 0 aliphatic carbocycles. The summed E-state index contributed by atoms with van der Waals surface area (Å²) in [5.74, 6) is -0.0415. The molecule has 0 aliphatic heterocycles. The fraction of sp³-hybridized carbons (Fsp3) is 0.286. The molecule has 0 atom stereocenters. The molecule has 4 nitrogen and oxygen atoms in total. The first-order chi connectivity index (χ1) is 9.70. The standard InChI is InChI=1S/C14H11F3O4/c1-7(18)6-20-11-4-3-9-10(14(15,16)17)5-12(19)21-13(9)8(11)2/h3-5H,6H2,1-2H3. The Morgan fingerprint density at radius 2 is 2.00 bits per heavy atom. The second kappa shape index (κ2) is 5.23. The van der Waals surface area contributed by atoms with Gasteiger partial charge in [0.25, 0.3) is 0 Å². The minimum atomic E-state index is -4.66. The smallest absolute Gasteiger partial charge is 0.417 e. The number of ketones is 1. The van der Waals surface area contributed by atoms with E-state index >= 15 is 0 Å². The average Bonchev–Trinajstić information content (AvgIpc) is 2.36. The summed E-state index contributed by atoms with van der Waals surface area (Å²) in [6.07, 6.45) is -4.66. The van der Waals surface area contributed by atoms with Crippen molar-refractivity contribution in [2.45, 2.75) is 20.0 Å². The Morgan fingerprint density at radius 3 is 2.57 bits per heavy atom. The lowest BCUT2D eigenvalue weighted by atomic mass is 10.1. The summed E-state index contributed by atoms with van der Waals surface area (Å²) in [6, 6.07) is 2.89. The van der Waals surface area contributed by atoms with Gasteiger partial charge in [0, 0.05) is 17.0 Å². The van der Waals surface area contributed by atoms with Crippen LogP contribution in [0.5, 0.6) is 5.75 Å². The highest BCUT2D eigenvalue weighted by atomic mass is 19.4. The second-order valence-corrected chi connectivity index (χ2v) is 4.53. The van der Waals surface area contributed by atoms with Crippen molar-refractivity contribution in [3.63, 3.8) is 0 Å². The molecule has 0 saturated carbocycles. The largest absolute Gasteiger partial charge is 0.485 e. The van der Waals surface area contributed by atoms with E-state index in [1.807, 2.05) is 0 Å². The number of rotatable bonds is 3. The molecule has 0 bridgehead atoms. The van der Waals surface area contributed by atoms with Gasteiger partial charge < -0.3 is 9.15 Å². The predicted octanol–water partition coefficient (Wildman–Crippen LogP) is 3.09. The molecular weight excluding hydrogens is 289 g/mol. The number of benzene rings is 1. The van der Waals surface area contributed by atoms with Crippen molar-refractivity contribution >= 4 is 16.8 Å². The fourth-order valence-electron chi connectivity index (χ4n) is 1.91. The van der Waals surface area contributed by atoms with E-state index in [1.54, 1.807) is 0 Å². The van der Waals surface area contributed by atoms with Crippen molar-refractivity contribution in [2.24, 2.45) is 0 Å². The molecule has 0 amide bonds. The van der Waals surface area contributed by atoms with E-state index in [-0.39, 0.29) is 34.7 Å². The lowest BCUT2D eigenvalue weighted by molar-refractivity contribution is -0.136. The van der Waals surface area contributed by atoms with E-state index in [0.29, 0.717) is 6.07 Å². The van der Waals surface area contributed by atoms with Crippen molar-refractivity contribution in [2.75, 3.05) is 6.61 Å². The van der Waals surface area contributed by atoms with Gasteiger partial charge in [-0.3, -0.25) is 4.79 Å². The highest BCUT2D eigenvalue weighted by Gasteiger charge is 2.34. The van der Waals surface area contributed by atoms with Crippen molar-refractivity contribution < 1.29 is 27.1 Å². The molecule has 0 unspecified atom stereocenters. The molecule has 0 spiro atoms. The van der Waals surface area contributed by atoms with Crippen LogP contribution in [-0.4, -0.2) is 12.4 Å². The third-order valence-corrected chi connectivity index (χ3v) is 2.85. The lowest BCUT2D eigenvalue weighted by Gasteiger charge is -2.13. The van der Waals surface area contributed by atoms with Gasteiger partial charge in [0.05, 0.1) is 5.56 Å². The van der Waals surface area contributed by atoms with E-state index in [0.717, 1.165) is 6.07 Å². The maximum Gasteiger partial charge on any atom is 0.417 e. The first-order valence-corrected chi connectivity index (χ1v) is 5.97. The maximum absolute atomic E-state index is 12.9. The molecule has 1 heterocycles. The van der Waals surface area contributed by atoms with Crippen LogP contribution in [0.4, 0.5) is 13.2 Å². The maximum atomic E-state index is 12.9. The molecule has 0 N–H and O–H groups in total. The number of halogens is 3. The molecule has 0 saturated heterocycles. The van der Waals surface area contributed by atoms with Crippen molar-refractivity contribution in [3.8, 4) is 5.75 Å². The van der Waals surface area contributed by atoms with Gasteiger partial charge in [0.2, 0.25) is 0 Å². The normalized spacial score (nSPS) is 11.7. The highest BCUT2D eigenvalue weighted by molar-refractivity contribution is 5.85. The molecular formula is C14H11F3O4. The minimum absolute atomic E-state index is 0.195. The predicted molar refractivity (Wildman–Crippen MR) is 68.4 cm³/mol. The van der Waals surface area contributed by atoms with Crippen molar-refractivity contribution in [1.82, 2.24) is 0 Å². The summed E-state index contributed by atoms with van der Waals surface area (Å²) in [4.78, 5) is 22.2. The summed E-state index contributed by atoms with van der Waals surface area (Å²) in [5, 5.41) is -0.227. The van der Waals surface area contributed by atoms with Crippen LogP contribution in [0, 0.1) is 6.92 Å². The number of Topliss-reactive ketones (excluding diaryl/α,β-unsaturated/α-hetero) is 1. The van der Waals surface area contributed by atoms with Gasteiger partial charge in [-0.1, -0.05) is 0 Å². The van der Waals surface area contributed by atoms with Crippen LogP contribution in [0.1, 0.15) is 18.1 Å². The van der Waals surface area contributed by atoms with Crippen molar-refractivity contribution in [3.05, 3.63) is 39.7 Å². The summed E-state index contributed by atoms with van der Waals surface area (Å²) >= 11 is 0. The molecule has 2 aromatic rings. The summed E-state index contributed by atoms with van der Waals surface area (Å²) in [6.45, 7) is 2.56. The molecule has 1 aromatic heterocycles. The summed E-state index contributed by atoms with van der Waals surface area (Å²) in [5.41, 5.74) is -2.12. The summed E-state index contributed by atoms with van der Waals surface area (Å²) < 4.78 is 48.8.